The number of carbonyl (C=O) groups excluding carboxylic acids is 1. The number of hydrogen-bond acceptors (Lipinski definition) is 4. The van der Waals surface area contributed by atoms with Gasteiger partial charge in [-0.3, -0.25) is 4.79 Å². The van der Waals surface area contributed by atoms with Gasteiger partial charge in [0.05, 0.1) is 10.7 Å². The number of halogens is 1. The standard InChI is InChI=1S/C28H29ClN4O2/c1-32(2)12-13-33(17-34)27-9-7-19(15-24(27)29)21-5-3-4-20(28(21)35)18-6-8-25-22(14-18)23-16-30-11-10-26(23)31-25/h3-9,14-15,17,30-31,35H,10-13,16H2,1-2H3. The number of likely N-dealkylation sites (N-methyl/N-ethyl adjacent to an activating group) is 1. The van der Waals surface area contributed by atoms with Crippen LogP contribution in [0.15, 0.2) is 54.6 Å². The van der Waals surface area contributed by atoms with Gasteiger partial charge in [-0.05, 0) is 55.1 Å². The third-order valence-corrected chi connectivity index (χ3v) is 6.98. The summed E-state index contributed by atoms with van der Waals surface area (Å²) in [7, 11) is 3.92. The fourth-order valence-electron chi connectivity index (χ4n) is 4.77. The summed E-state index contributed by atoms with van der Waals surface area (Å²) in [6.07, 6.45) is 1.79. The highest BCUT2D eigenvalue weighted by Crippen LogP contribution is 2.41. The lowest BCUT2D eigenvalue weighted by molar-refractivity contribution is -0.107. The molecular formula is C28H29ClN4O2. The van der Waals surface area contributed by atoms with Crippen LogP contribution in [0.25, 0.3) is 33.2 Å². The minimum atomic E-state index is 0.207. The van der Waals surface area contributed by atoms with Crippen LogP contribution in [0.1, 0.15) is 11.3 Å². The Balaban J connectivity index is 1.50. The molecule has 0 radical (unpaired) electrons. The third kappa shape index (κ3) is 4.52. The van der Waals surface area contributed by atoms with E-state index in [4.69, 9.17) is 11.6 Å². The number of hydrogen-bond donors (Lipinski definition) is 3. The molecule has 0 aliphatic carbocycles. The van der Waals surface area contributed by atoms with Crippen molar-refractivity contribution in [2.75, 3.05) is 38.6 Å². The third-order valence-electron chi connectivity index (χ3n) is 6.68. The van der Waals surface area contributed by atoms with Crippen molar-refractivity contribution in [3.05, 3.63) is 70.9 Å². The molecule has 35 heavy (non-hydrogen) atoms. The number of fused-ring (bicyclic) bond motifs is 3. The molecule has 0 atom stereocenters. The lowest BCUT2D eigenvalue weighted by atomic mass is 9.95. The normalized spacial score (nSPS) is 13.3. The van der Waals surface area contributed by atoms with Gasteiger partial charge in [-0.15, -0.1) is 0 Å². The average molecular weight is 489 g/mol. The molecule has 2 heterocycles. The Morgan fingerprint density at radius 2 is 1.77 bits per heavy atom. The van der Waals surface area contributed by atoms with Crippen LogP contribution < -0.4 is 10.2 Å². The molecule has 4 aromatic rings. The van der Waals surface area contributed by atoms with E-state index in [1.807, 2.05) is 55.4 Å². The van der Waals surface area contributed by atoms with Gasteiger partial charge in [-0.25, -0.2) is 0 Å². The van der Waals surface area contributed by atoms with Crippen LogP contribution in [-0.2, 0) is 17.8 Å². The van der Waals surface area contributed by atoms with Crippen LogP contribution in [0, 0.1) is 0 Å². The Morgan fingerprint density at radius 1 is 1.03 bits per heavy atom. The first kappa shape index (κ1) is 23.4. The van der Waals surface area contributed by atoms with E-state index in [-0.39, 0.29) is 5.75 Å². The summed E-state index contributed by atoms with van der Waals surface area (Å²) in [5.74, 6) is 0.207. The van der Waals surface area contributed by atoms with E-state index in [1.54, 1.807) is 11.0 Å². The first-order valence-corrected chi connectivity index (χ1v) is 12.2. The van der Waals surface area contributed by atoms with Crippen LogP contribution in [0.4, 0.5) is 5.69 Å². The number of phenols is 1. The first-order chi connectivity index (χ1) is 17.0. The maximum absolute atomic E-state index is 11.6. The number of phenolic OH excluding ortho intramolecular Hbond substituents is 1. The van der Waals surface area contributed by atoms with Gasteiger partial charge in [0.15, 0.2) is 0 Å². The minimum Gasteiger partial charge on any atom is -0.507 e. The number of aromatic nitrogens is 1. The highest BCUT2D eigenvalue weighted by atomic mass is 35.5. The van der Waals surface area contributed by atoms with E-state index in [0.717, 1.165) is 54.7 Å². The molecule has 0 saturated carbocycles. The van der Waals surface area contributed by atoms with Gasteiger partial charge >= 0.3 is 0 Å². The second kappa shape index (κ2) is 9.74. The van der Waals surface area contributed by atoms with Crippen molar-refractivity contribution in [1.29, 1.82) is 0 Å². The van der Waals surface area contributed by atoms with Gasteiger partial charge in [0.2, 0.25) is 6.41 Å². The van der Waals surface area contributed by atoms with Gasteiger partial charge in [-0.1, -0.05) is 41.9 Å². The largest absolute Gasteiger partial charge is 0.507 e. The number of anilines is 1. The summed E-state index contributed by atoms with van der Waals surface area (Å²) in [6.45, 7) is 3.10. The van der Waals surface area contributed by atoms with E-state index >= 15 is 0 Å². The van der Waals surface area contributed by atoms with E-state index in [0.29, 0.717) is 22.8 Å². The average Bonchev–Trinajstić information content (AvgIpc) is 3.23. The van der Waals surface area contributed by atoms with E-state index in [1.165, 1.54) is 16.6 Å². The number of nitrogens with one attached hydrogen (secondary N) is 2. The zero-order valence-electron chi connectivity index (χ0n) is 19.9. The molecule has 1 amide bonds. The number of carbonyl (C=O) groups is 1. The zero-order chi connectivity index (χ0) is 24.5. The number of rotatable bonds is 7. The van der Waals surface area contributed by atoms with Crippen molar-refractivity contribution in [3.63, 3.8) is 0 Å². The second-order valence-electron chi connectivity index (χ2n) is 9.24. The predicted molar refractivity (Wildman–Crippen MR) is 143 cm³/mol. The number of aromatic amines is 1. The number of nitrogens with zero attached hydrogens (tertiary/aromatic N) is 2. The molecular weight excluding hydrogens is 460 g/mol. The van der Waals surface area contributed by atoms with Crippen LogP contribution in [0.3, 0.4) is 0 Å². The summed E-state index contributed by atoms with van der Waals surface area (Å²) in [4.78, 5) is 18.8. The Hall–Kier alpha value is -3.32. The molecule has 6 nitrogen and oxygen atoms in total. The lowest BCUT2D eigenvalue weighted by Gasteiger charge is -2.21. The minimum absolute atomic E-state index is 0.207. The number of benzene rings is 3. The maximum Gasteiger partial charge on any atom is 0.214 e. The quantitative estimate of drug-likeness (QED) is 0.319. The fourth-order valence-corrected chi connectivity index (χ4v) is 5.06. The SMILES string of the molecule is CN(C)CCN(C=O)c1ccc(-c2cccc(-c3ccc4[nH]c5c(c4c3)CNCC5)c2O)cc1Cl. The summed E-state index contributed by atoms with van der Waals surface area (Å²) < 4.78 is 0. The van der Waals surface area contributed by atoms with E-state index in [9.17, 15) is 9.90 Å². The fraction of sp³-hybridized carbons (Fsp3) is 0.250. The molecule has 1 aliphatic heterocycles. The molecule has 180 valence electrons. The van der Waals surface area contributed by atoms with Gasteiger partial charge in [0.1, 0.15) is 5.75 Å². The number of H-pyrrole nitrogens is 1. The van der Waals surface area contributed by atoms with Crippen LogP contribution >= 0.6 is 11.6 Å². The number of para-hydroxylation sites is 1. The molecule has 0 bridgehead atoms. The molecule has 5 rings (SSSR count). The van der Waals surface area contributed by atoms with Crippen molar-refractivity contribution >= 4 is 34.6 Å². The highest BCUT2D eigenvalue weighted by Gasteiger charge is 2.18. The van der Waals surface area contributed by atoms with Crippen molar-refractivity contribution in [2.24, 2.45) is 0 Å². The first-order valence-electron chi connectivity index (χ1n) is 11.8. The maximum atomic E-state index is 11.6. The van der Waals surface area contributed by atoms with Crippen molar-refractivity contribution in [2.45, 2.75) is 13.0 Å². The van der Waals surface area contributed by atoms with Crippen LogP contribution in [0.2, 0.25) is 5.02 Å². The molecule has 3 aromatic carbocycles. The van der Waals surface area contributed by atoms with Gasteiger partial charge in [-0.2, -0.15) is 0 Å². The second-order valence-corrected chi connectivity index (χ2v) is 9.65. The van der Waals surface area contributed by atoms with Crippen molar-refractivity contribution < 1.29 is 9.90 Å². The summed E-state index contributed by atoms with van der Waals surface area (Å²) in [6, 6.07) is 17.6. The topological polar surface area (TPSA) is 71.6 Å². The number of aromatic hydroxyl groups is 1. The lowest BCUT2D eigenvalue weighted by Crippen LogP contribution is -2.30. The monoisotopic (exact) mass is 488 g/mol. The summed E-state index contributed by atoms with van der Waals surface area (Å²) in [5.41, 5.74) is 7.58. The molecule has 0 spiro atoms. The van der Waals surface area contributed by atoms with Crippen molar-refractivity contribution in [1.82, 2.24) is 15.2 Å². The van der Waals surface area contributed by atoms with Gasteiger partial charge < -0.3 is 25.2 Å². The molecule has 0 saturated heterocycles. The summed E-state index contributed by atoms with van der Waals surface area (Å²) in [5, 5.41) is 16.4. The van der Waals surface area contributed by atoms with Crippen LogP contribution in [0.5, 0.6) is 5.75 Å². The molecule has 7 heteroatoms. The molecule has 3 N–H and O–H groups in total. The summed E-state index contributed by atoms with van der Waals surface area (Å²) >= 11 is 6.59. The highest BCUT2D eigenvalue weighted by molar-refractivity contribution is 6.34. The predicted octanol–water partition coefficient (Wildman–Crippen LogP) is 5.03. The Morgan fingerprint density at radius 3 is 2.49 bits per heavy atom. The van der Waals surface area contributed by atoms with E-state index < -0.39 is 0 Å². The molecule has 0 fully saturated rings. The zero-order valence-corrected chi connectivity index (χ0v) is 20.7. The van der Waals surface area contributed by atoms with Gasteiger partial charge in [0, 0.05) is 60.3 Å². The van der Waals surface area contributed by atoms with Gasteiger partial charge in [0.25, 0.3) is 0 Å². The molecule has 1 aliphatic rings. The van der Waals surface area contributed by atoms with E-state index in [2.05, 4.69) is 22.4 Å². The number of amides is 1. The molecule has 1 aromatic heterocycles. The van der Waals surface area contributed by atoms with Crippen LogP contribution in [-0.4, -0.2) is 55.1 Å². The Labute approximate surface area is 210 Å². The molecule has 0 unspecified atom stereocenters. The Bertz CT molecular complexity index is 1400. The Kier molecular flexibility index (Phi) is 6.52. The smallest absolute Gasteiger partial charge is 0.214 e. The van der Waals surface area contributed by atoms with Crippen molar-refractivity contribution in [3.8, 4) is 28.0 Å².